The standard InChI is InChI=1S/C28H25N3O4S/c1-18(2)23-13-10-20(4)15-25(23)35-27-24(28(32)31-14-6-5-7-26(31)30-27)16-22(17-29)36(33,34)21-11-8-19(3)9-12-21/h5-16,18H,1-4H3/b22-16+. The van der Waals surface area contributed by atoms with E-state index in [-0.39, 0.29) is 22.3 Å². The number of rotatable bonds is 6. The summed E-state index contributed by atoms with van der Waals surface area (Å²) in [5.74, 6) is 0.551. The molecule has 0 saturated carbocycles. The SMILES string of the molecule is Cc1ccc(S(=O)(=O)/C(C#N)=C/c2c(Oc3cc(C)ccc3C(C)C)nc3ccccn3c2=O)cc1. The molecule has 2 heterocycles. The molecule has 0 aliphatic rings. The van der Waals surface area contributed by atoms with Crippen molar-refractivity contribution in [2.24, 2.45) is 0 Å². The van der Waals surface area contributed by atoms with Gasteiger partial charge in [0.2, 0.25) is 15.7 Å². The summed E-state index contributed by atoms with van der Waals surface area (Å²) in [4.78, 5) is 17.4. The maximum Gasteiger partial charge on any atom is 0.269 e. The van der Waals surface area contributed by atoms with Gasteiger partial charge in [0, 0.05) is 6.20 Å². The van der Waals surface area contributed by atoms with E-state index in [0.717, 1.165) is 22.8 Å². The molecular weight excluding hydrogens is 474 g/mol. The van der Waals surface area contributed by atoms with Crippen molar-refractivity contribution in [3.63, 3.8) is 0 Å². The fourth-order valence-corrected chi connectivity index (χ4v) is 4.88. The quantitative estimate of drug-likeness (QED) is 0.322. The molecule has 0 bridgehead atoms. The Morgan fingerprint density at radius 2 is 1.75 bits per heavy atom. The fourth-order valence-electron chi connectivity index (χ4n) is 3.74. The smallest absolute Gasteiger partial charge is 0.269 e. The minimum atomic E-state index is -4.19. The molecule has 0 saturated heterocycles. The van der Waals surface area contributed by atoms with Crippen LogP contribution in [0.3, 0.4) is 0 Å². The number of fused-ring (bicyclic) bond motifs is 1. The van der Waals surface area contributed by atoms with Gasteiger partial charge in [0.25, 0.3) is 5.56 Å². The number of sulfone groups is 1. The van der Waals surface area contributed by atoms with Gasteiger partial charge in [-0.25, -0.2) is 8.42 Å². The van der Waals surface area contributed by atoms with Crippen LogP contribution in [-0.2, 0) is 9.84 Å². The number of ether oxygens (including phenoxy) is 1. The van der Waals surface area contributed by atoms with E-state index in [1.54, 1.807) is 36.4 Å². The molecule has 0 N–H and O–H groups in total. The Morgan fingerprint density at radius 3 is 2.42 bits per heavy atom. The maximum absolute atomic E-state index is 13.5. The highest BCUT2D eigenvalue weighted by Gasteiger charge is 2.24. The first kappa shape index (κ1) is 24.9. The zero-order valence-electron chi connectivity index (χ0n) is 20.4. The lowest BCUT2D eigenvalue weighted by molar-refractivity contribution is 0.452. The van der Waals surface area contributed by atoms with Gasteiger partial charge in [0.15, 0.2) is 0 Å². The molecule has 2 aromatic heterocycles. The average molecular weight is 500 g/mol. The number of allylic oxidation sites excluding steroid dienone is 1. The van der Waals surface area contributed by atoms with Gasteiger partial charge >= 0.3 is 0 Å². The molecule has 0 fully saturated rings. The molecule has 0 atom stereocenters. The third-order valence-corrected chi connectivity index (χ3v) is 7.42. The lowest BCUT2D eigenvalue weighted by Gasteiger charge is -2.16. The van der Waals surface area contributed by atoms with Crippen molar-refractivity contribution in [1.29, 1.82) is 5.26 Å². The van der Waals surface area contributed by atoms with Crippen LogP contribution in [-0.4, -0.2) is 17.8 Å². The van der Waals surface area contributed by atoms with Crippen LogP contribution >= 0.6 is 0 Å². The summed E-state index contributed by atoms with van der Waals surface area (Å²) in [7, 11) is -4.19. The normalized spacial score (nSPS) is 12.1. The van der Waals surface area contributed by atoms with Crippen LogP contribution in [0.4, 0.5) is 0 Å². The van der Waals surface area contributed by atoms with E-state index in [9.17, 15) is 18.5 Å². The maximum atomic E-state index is 13.5. The van der Waals surface area contributed by atoms with Crippen LogP contribution < -0.4 is 10.3 Å². The predicted octanol–water partition coefficient (Wildman–Crippen LogP) is 5.57. The minimum absolute atomic E-state index is 0.0435. The summed E-state index contributed by atoms with van der Waals surface area (Å²) < 4.78 is 34.0. The molecule has 36 heavy (non-hydrogen) atoms. The van der Waals surface area contributed by atoms with Crippen LogP contribution in [0.15, 0.2) is 81.5 Å². The number of pyridine rings is 1. The highest BCUT2D eigenvalue weighted by molar-refractivity contribution is 7.95. The van der Waals surface area contributed by atoms with E-state index in [1.165, 1.54) is 22.7 Å². The van der Waals surface area contributed by atoms with Gasteiger partial charge in [0.05, 0.1) is 4.90 Å². The van der Waals surface area contributed by atoms with Crippen LogP contribution in [0.5, 0.6) is 11.6 Å². The number of benzene rings is 2. The minimum Gasteiger partial charge on any atom is -0.438 e. The van der Waals surface area contributed by atoms with Crippen molar-refractivity contribution in [2.75, 3.05) is 0 Å². The molecule has 8 heteroatoms. The van der Waals surface area contributed by atoms with E-state index >= 15 is 0 Å². The molecule has 0 radical (unpaired) electrons. The lowest BCUT2D eigenvalue weighted by Crippen LogP contribution is -2.19. The van der Waals surface area contributed by atoms with Gasteiger partial charge in [-0.3, -0.25) is 9.20 Å². The molecule has 4 rings (SSSR count). The zero-order chi connectivity index (χ0) is 26.0. The summed E-state index contributed by atoms with van der Waals surface area (Å²) in [5.41, 5.74) is 2.36. The predicted molar refractivity (Wildman–Crippen MR) is 139 cm³/mol. The molecule has 0 aliphatic carbocycles. The first-order chi connectivity index (χ1) is 17.1. The van der Waals surface area contributed by atoms with Gasteiger partial charge in [0.1, 0.15) is 27.9 Å². The third-order valence-electron chi connectivity index (χ3n) is 5.74. The lowest BCUT2D eigenvalue weighted by atomic mass is 10.0. The van der Waals surface area contributed by atoms with Gasteiger partial charge < -0.3 is 4.74 Å². The number of nitriles is 1. The second-order valence-electron chi connectivity index (χ2n) is 8.80. The first-order valence-electron chi connectivity index (χ1n) is 11.3. The average Bonchev–Trinajstić information content (AvgIpc) is 2.84. The Morgan fingerprint density at radius 1 is 1.06 bits per heavy atom. The Hall–Kier alpha value is -4.22. The summed E-state index contributed by atoms with van der Waals surface area (Å²) in [5, 5.41) is 9.81. The molecule has 4 aromatic rings. The molecule has 0 spiro atoms. The van der Waals surface area contributed by atoms with Gasteiger partial charge in [-0.1, -0.05) is 49.7 Å². The Kier molecular flexibility index (Phi) is 6.77. The number of aromatic nitrogens is 2. The van der Waals surface area contributed by atoms with E-state index in [4.69, 9.17) is 4.74 Å². The highest BCUT2D eigenvalue weighted by Crippen LogP contribution is 2.33. The van der Waals surface area contributed by atoms with Crippen molar-refractivity contribution in [3.05, 3.63) is 104 Å². The molecule has 0 unspecified atom stereocenters. The van der Waals surface area contributed by atoms with Crippen LogP contribution in [0.1, 0.15) is 42.0 Å². The number of hydrogen-bond donors (Lipinski definition) is 0. The van der Waals surface area contributed by atoms with E-state index in [1.807, 2.05) is 45.9 Å². The largest absolute Gasteiger partial charge is 0.438 e. The highest BCUT2D eigenvalue weighted by atomic mass is 32.2. The van der Waals surface area contributed by atoms with Crippen molar-refractivity contribution in [1.82, 2.24) is 9.38 Å². The Bertz CT molecular complexity index is 1690. The summed E-state index contributed by atoms with van der Waals surface area (Å²) in [6, 6.07) is 18.7. The van der Waals surface area contributed by atoms with Crippen LogP contribution in [0.2, 0.25) is 0 Å². The van der Waals surface area contributed by atoms with E-state index in [2.05, 4.69) is 4.98 Å². The summed E-state index contributed by atoms with van der Waals surface area (Å²) >= 11 is 0. The molecular formula is C28H25N3O4S. The van der Waals surface area contributed by atoms with E-state index < -0.39 is 20.3 Å². The molecule has 0 amide bonds. The molecule has 7 nitrogen and oxygen atoms in total. The zero-order valence-corrected chi connectivity index (χ0v) is 21.2. The van der Waals surface area contributed by atoms with E-state index in [0.29, 0.717) is 11.4 Å². The Labute approximate surface area is 209 Å². The van der Waals surface area contributed by atoms with Gasteiger partial charge in [-0.15, -0.1) is 0 Å². The topological polar surface area (TPSA) is 102 Å². The summed E-state index contributed by atoms with van der Waals surface area (Å²) in [6.45, 7) is 7.79. The second kappa shape index (κ2) is 9.80. The summed E-state index contributed by atoms with van der Waals surface area (Å²) in [6.07, 6.45) is 2.57. The third kappa shape index (κ3) is 4.79. The molecule has 182 valence electrons. The van der Waals surface area contributed by atoms with Crippen LogP contribution in [0.25, 0.3) is 11.7 Å². The Balaban J connectivity index is 1.96. The van der Waals surface area contributed by atoms with Crippen molar-refractivity contribution < 1.29 is 13.2 Å². The molecule has 2 aromatic carbocycles. The number of hydrogen-bond acceptors (Lipinski definition) is 6. The monoisotopic (exact) mass is 499 g/mol. The van der Waals surface area contributed by atoms with Crippen molar-refractivity contribution in [3.8, 4) is 17.7 Å². The fraction of sp³-hybridized carbons (Fsp3) is 0.179. The van der Waals surface area contributed by atoms with Crippen molar-refractivity contribution >= 4 is 21.6 Å². The first-order valence-corrected chi connectivity index (χ1v) is 12.8. The van der Waals surface area contributed by atoms with Crippen LogP contribution in [0, 0.1) is 25.2 Å². The van der Waals surface area contributed by atoms with Gasteiger partial charge in [-0.05, 0) is 67.3 Å². The molecule has 0 aliphatic heterocycles. The van der Waals surface area contributed by atoms with Gasteiger partial charge in [-0.2, -0.15) is 10.2 Å². The van der Waals surface area contributed by atoms with Crippen molar-refractivity contribution in [2.45, 2.75) is 38.5 Å². The second-order valence-corrected chi connectivity index (χ2v) is 10.7. The number of aryl methyl sites for hydroxylation is 2. The number of nitrogens with zero attached hydrogens (tertiary/aromatic N) is 3.